The molecule has 0 amide bonds. The molecule has 0 spiro atoms. The summed E-state index contributed by atoms with van der Waals surface area (Å²) in [6.45, 7) is 4.44. The second-order valence-corrected chi connectivity index (χ2v) is 14.4. The number of nitrogens with zero attached hydrogens (tertiary/aromatic N) is 14. The second kappa shape index (κ2) is 14.6. The molecule has 18 heteroatoms. The highest BCUT2D eigenvalue weighted by molar-refractivity contribution is 5.75. The van der Waals surface area contributed by atoms with Crippen LogP contribution in [0.3, 0.4) is 0 Å². The third-order valence-corrected chi connectivity index (χ3v) is 11.3. The van der Waals surface area contributed by atoms with Crippen LogP contribution in [0.4, 0.5) is 11.6 Å². The van der Waals surface area contributed by atoms with E-state index in [0.717, 1.165) is 83.8 Å². The molecule has 8 aromatic heterocycles. The molecule has 2 saturated carbocycles. The number of rotatable bonds is 8. The van der Waals surface area contributed by atoms with Gasteiger partial charge in [0.15, 0.2) is 34.0 Å². The molecule has 0 radical (unpaired) electrons. The summed E-state index contributed by atoms with van der Waals surface area (Å²) < 4.78 is 4.24. The number of hydrogen-bond donors (Lipinski definition) is 4. The molecule has 0 aliphatic heterocycles. The molecular formula is C38H38N18. The van der Waals surface area contributed by atoms with Crippen molar-refractivity contribution in [2.45, 2.75) is 76.3 Å². The zero-order chi connectivity index (χ0) is 38.2. The lowest BCUT2D eigenvalue weighted by Gasteiger charge is -2.15. The monoisotopic (exact) mass is 746 g/mol. The number of fused-ring (bicyclic) bond motifs is 6. The van der Waals surface area contributed by atoms with Gasteiger partial charge in [0.05, 0.1) is 48.2 Å². The Morgan fingerprint density at radius 1 is 0.607 bits per heavy atom. The Morgan fingerprint density at radius 3 is 1.46 bits per heavy atom. The number of hydrogen-bond acceptors (Lipinski definition) is 14. The van der Waals surface area contributed by atoms with Gasteiger partial charge in [0, 0.05) is 36.3 Å². The van der Waals surface area contributed by atoms with Crippen LogP contribution in [-0.4, -0.2) is 81.2 Å². The summed E-state index contributed by atoms with van der Waals surface area (Å²) in [7, 11) is 0. The summed E-state index contributed by atoms with van der Waals surface area (Å²) in [6, 6.07) is 8.55. The summed E-state index contributed by atoms with van der Waals surface area (Å²) >= 11 is 0. The second-order valence-electron chi connectivity index (χ2n) is 14.4. The van der Waals surface area contributed by atoms with Crippen molar-refractivity contribution in [1.29, 1.82) is 10.5 Å². The molecule has 2 aliphatic carbocycles. The fourth-order valence-corrected chi connectivity index (χ4v) is 8.64. The van der Waals surface area contributed by atoms with Crippen LogP contribution in [0.5, 0.6) is 0 Å². The molecule has 2 fully saturated rings. The van der Waals surface area contributed by atoms with Gasteiger partial charge in [0.2, 0.25) is 0 Å². The van der Waals surface area contributed by atoms with Crippen LogP contribution in [0.2, 0.25) is 0 Å². The van der Waals surface area contributed by atoms with Gasteiger partial charge in [-0.05, 0) is 49.7 Å². The van der Waals surface area contributed by atoms with E-state index in [1.54, 1.807) is 24.8 Å². The van der Waals surface area contributed by atoms with Crippen LogP contribution >= 0.6 is 0 Å². The van der Waals surface area contributed by atoms with Crippen LogP contribution in [0, 0.1) is 34.5 Å². The highest BCUT2D eigenvalue weighted by Crippen LogP contribution is 2.43. The molecule has 280 valence electrons. The fraction of sp³-hybridized carbons (Fsp3) is 0.368. The van der Waals surface area contributed by atoms with E-state index < -0.39 is 0 Å². The van der Waals surface area contributed by atoms with Crippen molar-refractivity contribution in [2.24, 2.45) is 11.8 Å². The van der Waals surface area contributed by atoms with Gasteiger partial charge in [0.25, 0.3) is 0 Å². The maximum absolute atomic E-state index is 8.87. The first kappa shape index (κ1) is 34.7. The number of nitrogens with one attached hydrogen (secondary N) is 4. The standard InChI is InChI=1S/2C19H19N9/c2*1-2-11-5-12(25-16-9-22-13(7-20)8-23-16)6-14(11)19-27-26-17-10-24-18-15(28(17)19)3-4-21-18/h2*3-4,8-12,14,21H,2,5-6H2,1H3,(H,23,25)/t2*11-,12+,14-/m10/s1. The molecule has 0 aromatic carbocycles. The Labute approximate surface area is 319 Å². The van der Waals surface area contributed by atoms with Crippen LogP contribution < -0.4 is 10.6 Å². The van der Waals surface area contributed by atoms with Crippen LogP contribution in [0.1, 0.15) is 87.2 Å². The summed E-state index contributed by atoms with van der Waals surface area (Å²) in [6.07, 6.45) is 19.6. The van der Waals surface area contributed by atoms with Gasteiger partial charge in [-0.15, -0.1) is 20.4 Å². The lowest BCUT2D eigenvalue weighted by atomic mass is 9.93. The summed E-state index contributed by atoms with van der Waals surface area (Å²) in [5, 5.41) is 42.5. The van der Waals surface area contributed by atoms with Crippen molar-refractivity contribution >= 4 is 45.3 Å². The molecule has 0 saturated heterocycles. The van der Waals surface area contributed by atoms with E-state index in [2.05, 4.69) is 93.5 Å². The van der Waals surface area contributed by atoms with E-state index in [1.807, 2.05) is 36.7 Å². The van der Waals surface area contributed by atoms with Gasteiger partial charge in [-0.1, -0.05) is 26.7 Å². The molecule has 0 unspecified atom stereocenters. The van der Waals surface area contributed by atoms with Crippen molar-refractivity contribution in [3.05, 3.63) is 84.7 Å². The molecule has 10 rings (SSSR count). The number of nitriles is 2. The van der Waals surface area contributed by atoms with Crippen molar-refractivity contribution < 1.29 is 0 Å². The number of anilines is 2. The summed E-state index contributed by atoms with van der Waals surface area (Å²) in [5.74, 6) is 4.96. The molecule has 6 atom stereocenters. The van der Waals surface area contributed by atoms with E-state index in [-0.39, 0.29) is 12.1 Å². The predicted molar refractivity (Wildman–Crippen MR) is 205 cm³/mol. The Bertz CT molecular complexity index is 2520. The molecule has 4 N–H and O–H groups in total. The molecule has 0 bridgehead atoms. The first-order chi connectivity index (χ1) is 27.5. The van der Waals surface area contributed by atoms with E-state index in [0.29, 0.717) is 46.7 Å². The van der Waals surface area contributed by atoms with Crippen molar-refractivity contribution in [2.75, 3.05) is 10.6 Å². The van der Waals surface area contributed by atoms with Crippen molar-refractivity contribution in [1.82, 2.24) is 69.1 Å². The average Bonchev–Trinajstić information content (AvgIpc) is 4.09. The van der Waals surface area contributed by atoms with Gasteiger partial charge in [0.1, 0.15) is 35.4 Å². The van der Waals surface area contributed by atoms with Gasteiger partial charge in [-0.3, -0.25) is 8.80 Å². The predicted octanol–water partition coefficient (Wildman–Crippen LogP) is 5.30. The normalized spacial score (nSPS) is 21.9. The third-order valence-electron chi connectivity index (χ3n) is 11.3. The SMILES string of the molecule is CC[C@@H]1C[C@H](Nc2cnc(C#N)cn2)C[C@H]1c1nnc2cnc3[nH]ccc3n12.CC[C@H]1C[C@@H](Nc2cnc(C#N)cn2)C[C@@H]1c1nnc2cnc3[nH]ccc3n12. The van der Waals surface area contributed by atoms with Crippen LogP contribution in [0.25, 0.3) is 33.6 Å². The maximum Gasteiger partial charge on any atom is 0.179 e. The number of aromatic nitrogens is 14. The highest BCUT2D eigenvalue weighted by Gasteiger charge is 2.38. The Kier molecular flexibility index (Phi) is 9.06. The van der Waals surface area contributed by atoms with Crippen LogP contribution in [0.15, 0.2) is 61.7 Å². The molecule has 56 heavy (non-hydrogen) atoms. The van der Waals surface area contributed by atoms with Crippen molar-refractivity contribution in [3.63, 3.8) is 0 Å². The first-order valence-corrected chi connectivity index (χ1v) is 18.8. The zero-order valence-electron chi connectivity index (χ0n) is 30.7. The fourth-order valence-electron chi connectivity index (χ4n) is 8.64. The Hall–Kier alpha value is -7.08. The largest absolute Gasteiger partial charge is 0.366 e. The van der Waals surface area contributed by atoms with Gasteiger partial charge in [-0.25, -0.2) is 29.9 Å². The number of aromatic amines is 2. The lowest BCUT2D eigenvalue weighted by molar-refractivity contribution is 0.451. The molecule has 18 nitrogen and oxygen atoms in total. The van der Waals surface area contributed by atoms with Gasteiger partial charge >= 0.3 is 0 Å². The highest BCUT2D eigenvalue weighted by atomic mass is 15.3. The molecular weight excluding hydrogens is 709 g/mol. The smallest absolute Gasteiger partial charge is 0.179 e. The molecule has 8 heterocycles. The zero-order valence-corrected chi connectivity index (χ0v) is 30.7. The summed E-state index contributed by atoms with van der Waals surface area (Å²) in [5.41, 5.74) is 5.85. The third kappa shape index (κ3) is 6.34. The maximum atomic E-state index is 8.87. The van der Waals surface area contributed by atoms with Gasteiger partial charge in [-0.2, -0.15) is 10.5 Å². The lowest BCUT2D eigenvalue weighted by Crippen LogP contribution is -2.17. The van der Waals surface area contributed by atoms with Crippen molar-refractivity contribution in [3.8, 4) is 12.1 Å². The number of H-pyrrole nitrogens is 2. The molecule has 2 aliphatic rings. The van der Waals surface area contributed by atoms with Gasteiger partial charge < -0.3 is 20.6 Å². The minimum absolute atomic E-state index is 0.271. The quantitative estimate of drug-likeness (QED) is 0.154. The Balaban J connectivity index is 0.000000146. The first-order valence-electron chi connectivity index (χ1n) is 18.8. The minimum Gasteiger partial charge on any atom is -0.366 e. The summed E-state index contributed by atoms with van der Waals surface area (Å²) in [4.78, 5) is 31.9. The Morgan fingerprint density at radius 2 is 1.07 bits per heavy atom. The molecule has 8 aromatic rings. The minimum atomic E-state index is 0.271. The van der Waals surface area contributed by atoms with E-state index in [4.69, 9.17) is 10.5 Å². The van der Waals surface area contributed by atoms with E-state index >= 15 is 0 Å². The van der Waals surface area contributed by atoms with Crippen LogP contribution in [-0.2, 0) is 0 Å². The van der Waals surface area contributed by atoms with E-state index in [1.165, 1.54) is 12.4 Å². The topological polar surface area (TPSA) is 241 Å². The van der Waals surface area contributed by atoms with E-state index in [9.17, 15) is 0 Å². The average molecular weight is 747 g/mol.